The summed E-state index contributed by atoms with van der Waals surface area (Å²) in [4.78, 5) is 24.8. The van der Waals surface area contributed by atoms with Crippen LogP contribution >= 0.6 is 0 Å². The highest BCUT2D eigenvalue weighted by molar-refractivity contribution is 5.88. The zero-order valence-electron chi connectivity index (χ0n) is 9.08. The van der Waals surface area contributed by atoms with Crippen LogP contribution in [0.2, 0.25) is 0 Å². The van der Waals surface area contributed by atoms with Crippen molar-refractivity contribution in [1.82, 2.24) is 4.98 Å². The lowest BCUT2D eigenvalue weighted by Crippen LogP contribution is -2.06. The van der Waals surface area contributed by atoms with Crippen LogP contribution in [0.15, 0.2) is 54.9 Å². The molecule has 1 aromatic heterocycles. The van der Waals surface area contributed by atoms with Crippen molar-refractivity contribution in [2.75, 3.05) is 0 Å². The first-order valence-corrected chi connectivity index (χ1v) is 5.14. The Labute approximate surface area is 98.8 Å². The van der Waals surface area contributed by atoms with Gasteiger partial charge in [-0.25, -0.2) is 4.79 Å². The van der Waals surface area contributed by atoms with Gasteiger partial charge in [0.25, 0.3) is 0 Å². The Bertz CT molecular complexity index is 471. The van der Waals surface area contributed by atoms with Crippen molar-refractivity contribution in [2.45, 2.75) is 6.61 Å². The van der Waals surface area contributed by atoms with E-state index in [-0.39, 0.29) is 6.61 Å². The largest absolute Gasteiger partial charge is 0.373 e. The van der Waals surface area contributed by atoms with E-state index in [2.05, 4.69) is 9.87 Å². The number of hydrogen-bond donors (Lipinski definition) is 0. The summed E-state index contributed by atoms with van der Waals surface area (Å²) in [5, 5.41) is 0. The highest BCUT2D eigenvalue weighted by Crippen LogP contribution is 2.04. The lowest BCUT2D eigenvalue weighted by Gasteiger charge is -2.03. The maximum Gasteiger partial charge on any atom is 0.373 e. The van der Waals surface area contributed by atoms with E-state index in [1.807, 2.05) is 30.3 Å². The molecule has 0 aliphatic carbocycles. The zero-order chi connectivity index (χ0) is 11.9. The van der Waals surface area contributed by atoms with Crippen molar-refractivity contribution < 1.29 is 14.6 Å². The first-order chi connectivity index (χ1) is 8.36. The van der Waals surface area contributed by atoms with Crippen molar-refractivity contribution >= 4 is 5.97 Å². The Morgan fingerprint density at radius 3 is 2.47 bits per heavy atom. The average molecular weight is 229 g/mol. The third-order valence-electron chi connectivity index (χ3n) is 2.12. The Balaban J connectivity index is 1.82. The highest BCUT2D eigenvalue weighted by Gasteiger charge is 2.07. The van der Waals surface area contributed by atoms with Gasteiger partial charge >= 0.3 is 5.97 Å². The predicted octanol–water partition coefficient (Wildman–Crippen LogP) is 2.37. The number of hydrogen-bond acceptors (Lipinski definition) is 4. The van der Waals surface area contributed by atoms with Gasteiger partial charge in [-0.15, -0.1) is 0 Å². The molecule has 0 aliphatic heterocycles. The molecule has 0 saturated carbocycles. The SMILES string of the molecule is O=C(OOCc1ccccc1)c1ccncc1. The van der Waals surface area contributed by atoms with Crippen molar-refractivity contribution in [3.05, 3.63) is 66.0 Å². The lowest BCUT2D eigenvalue weighted by atomic mass is 10.2. The van der Waals surface area contributed by atoms with Crippen LogP contribution in [0.3, 0.4) is 0 Å². The molecule has 86 valence electrons. The maximum absolute atomic E-state index is 11.5. The minimum atomic E-state index is -0.525. The number of benzene rings is 1. The summed E-state index contributed by atoms with van der Waals surface area (Å²) in [7, 11) is 0. The van der Waals surface area contributed by atoms with E-state index in [1.54, 1.807) is 12.1 Å². The molecule has 0 aliphatic rings. The molecule has 0 atom stereocenters. The first kappa shape index (κ1) is 11.3. The molecule has 4 heteroatoms. The predicted molar refractivity (Wildman–Crippen MR) is 60.9 cm³/mol. The Kier molecular flexibility index (Phi) is 3.83. The molecule has 0 fully saturated rings. The number of pyridine rings is 1. The Morgan fingerprint density at radius 2 is 1.76 bits per heavy atom. The molecule has 4 nitrogen and oxygen atoms in total. The summed E-state index contributed by atoms with van der Waals surface area (Å²) < 4.78 is 0. The second-order valence-electron chi connectivity index (χ2n) is 3.35. The van der Waals surface area contributed by atoms with Crippen LogP contribution in [0.1, 0.15) is 15.9 Å². The number of aromatic nitrogens is 1. The minimum Gasteiger partial charge on any atom is -0.292 e. The third-order valence-corrected chi connectivity index (χ3v) is 2.12. The van der Waals surface area contributed by atoms with E-state index in [4.69, 9.17) is 4.89 Å². The van der Waals surface area contributed by atoms with E-state index in [9.17, 15) is 4.79 Å². The van der Waals surface area contributed by atoms with Crippen LogP contribution in [-0.4, -0.2) is 11.0 Å². The summed E-state index contributed by atoms with van der Waals surface area (Å²) in [6, 6.07) is 12.6. The summed E-state index contributed by atoms with van der Waals surface area (Å²) in [6.45, 7) is 0.234. The molecular weight excluding hydrogens is 218 g/mol. The van der Waals surface area contributed by atoms with Gasteiger partial charge in [-0.1, -0.05) is 30.3 Å². The van der Waals surface area contributed by atoms with Gasteiger partial charge in [0, 0.05) is 12.4 Å². The van der Waals surface area contributed by atoms with E-state index in [1.165, 1.54) is 12.4 Å². The summed E-state index contributed by atoms with van der Waals surface area (Å²) in [5.41, 5.74) is 1.35. The van der Waals surface area contributed by atoms with Gasteiger partial charge in [-0.2, -0.15) is 4.89 Å². The number of nitrogens with zero attached hydrogens (tertiary/aromatic N) is 1. The van der Waals surface area contributed by atoms with Crippen LogP contribution in [0.4, 0.5) is 0 Å². The van der Waals surface area contributed by atoms with E-state index < -0.39 is 5.97 Å². The lowest BCUT2D eigenvalue weighted by molar-refractivity contribution is -0.250. The molecule has 1 aromatic carbocycles. The fourth-order valence-corrected chi connectivity index (χ4v) is 1.26. The molecule has 0 unspecified atom stereocenters. The topological polar surface area (TPSA) is 48.4 Å². The fourth-order valence-electron chi connectivity index (χ4n) is 1.26. The Morgan fingerprint density at radius 1 is 1.06 bits per heavy atom. The summed E-state index contributed by atoms with van der Waals surface area (Å²) in [5.74, 6) is -0.525. The van der Waals surface area contributed by atoms with Crippen molar-refractivity contribution in [3.63, 3.8) is 0 Å². The van der Waals surface area contributed by atoms with E-state index >= 15 is 0 Å². The van der Waals surface area contributed by atoms with Gasteiger partial charge in [0.1, 0.15) is 6.61 Å². The normalized spacial score (nSPS) is 9.88. The molecule has 2 aromatic rings. The molecular formula is C13H11NO3. The smallest absolute Gasteiger partial charge is 0.292 e. The summed E-state index contributed by atoms with van der Waals surface area (Å²) >= 11 is 0. The van der Waals surface area contributed by atoms with Gasteiger partial charge < -0.3 is 0 Å². The number of carbonyl (C=O) groups is 1. The molecule has 0 saturated heterocycles. The highest BCUT2D eigenvalue weighted by atomic mass is 17.2. The molecule has 2 rings (SSSR count). The molecule has 0 radical (unpaired) electrons. The standard InChI is InChI=1S/C13H11NO3/c15-13(12-6-8-14-9-7-12)17-16-10-11-4-2-1-3-5-11/h1-9H,10H2. The second kappa shape index (κ2) is 5.77. The van der Waals surface area contributed by atoms with Gasteiger partial charge in [-0.3, -0.25) is 9.87 Å². The Hall–Kier alpha value is -2.20. The molecule has 0 N–H and O–H groups in total. The molecule has 0 amide bonds. The van der Waals surface area contributed by atoms with Crippen LogP contribution < -0.4 is 0 Å². The minimum absolute atomic E-state index is 0.234. The quantitative estimate of drug-likeness (QED) is 0.596. The molecule has 0 bridgehead atoms. The van der Waals surface area contributed by atoms with Gasteiger partial charge in [-0.05, 0) is 17.7 Å². The van der Waals surface area contributed by atoms with Crippen LogP contribution in [-0.2, 0) is 16.4 Å². The average Bonchev–Trinajstić information content (AvgIpc) is 2.41. The molecule has 0 spiro atoms. The van der Waals surface area contributed by atoms with Crippen molar-refractivity contribution in [2.24, 2.45) is 0 Å². The fraction of sp³-hybridized carbons (Fsp3) is 0.0769. The van der Waals surface area contributed by atoms with E-state index in [0.29, 0.717) is 5.56 Å². The first-order valence-electron chi connectivity index (χ1n) is 5.14. The number of carbonyl (C=O) groups excluding carboxylic acids is 1. The van der Waals surface area contributed by atoms with Crippen LogP contribution in [0, 0.1) is 0 Å². The van der Waals surface area contributed by atoms with Gasteiger partial charge in [0.05, 0.1) is 5.56 Å². The van der Waals surface area contributed by atoms with Crippen molar-refractivity contribution in [1.29, 1.82) is 0 Å². The van der Waals surface area contributed by atoms with Gasteiger partial charge in [0.15, 0.2) is 0 Å². The second-order valence-corrected chi connectivity index (χ2v) is 3.35. The molecule has 17 heavy (non-hydrogen) atoms. The zero-order valence-corrected chi connectivity index (χ0v) is 9.08. The monoisotopic (exact) mass is 229 g/mol. The molecule has 1 heterocycles. The summed E-state index contributed by atoms with van der Waals surface area (Å²) in [6.07, 6.45) is 3.04. The van der Waals surface area contributed by atoms with Crippen LogP contribution in [0.25, 0.3) is 0 Å². The van der Waals surface area contributed by atoms with Gasteiger partial charge in [0.2, 0.25) is 0 Å². The third kappa shape index (κ3) is 3.39. The van der Waals surface area contributed by atoms with Crippen LogP contribution in [0.5, 0.6) is 0 Å². The van der Waals surface area contributed by atoms with E-state index in [0.717, 1.165) is 5.56 Å². The van der Waals surface area contributed by atoms with Crippen molar-refractivity contribution in [3.8, 4) is 0 Å². The maximum atomic E-state index is 11.5. The number of rotatable bonds is 4.